The first-order valence-electron chi connectivity index (χ1n) is 9.62. The molecule has 3 aromatic rings. The van der Waals surface area contributed by atoms with Gasteiger partial charge in [0.25, 0.3) is 5.91 Å². The van der Waals surface area contributed by atoms with E-state index < -0.39 is 12.5 Å². The second-order valence-electron chi connectivity index (χ2n) is 6.76. The topological polar surface area (TPSA) is 60.7 Å². The number of benzene rings is 2. The summed E-state index contributed by atoms with van der Waals surface area (Å²) in [6.07, 6.45) is 2.11. The minimum atomic E-state index is -2.90. The van der Waals surface area contributed by atoms with Crippen molar-refractivity contribution in [2.45, 2.75) is 39.9 Å². The first kappa shape index (κ1) is 21.4. The number of carbonyl (C=O) groups is 1. The van der Waals surface area contributed by atoms with Gasteiger partial charge in [0.05, 0.1) is 0 Å². The zero-order valence-corrected chi connectivity index (χ0v) is 16.8. The van der Waals surface area contributed by atoms with Crippen LogP contribution in [0.1, 0.15) is 40.8 Å². The number of rotatable bonds is 9. The van der Waals surface area contributed by atoms with Gasteiger partial charge in [0.15, 0.2) is 5.76 Å². The normalized spacial score (nSPS) is 10.8. The van der Waals surface area contributed by atoms with Gasteiger partial charge < -0.3 is 19.2 Å². The average Bonchev–Trinajstić information content (AvgIpc) is 3.18. The van der Waals surface area contributed by atoms with Crippen molar-refractivity contribution in [3.8, 4) is 11.5 Å². The van der Waals surface area contributed by atoms with Crippen LogP contribution in [0.4, 0.5) is 14.5 Å². The van der Waals surface area contributed by atoms with Crippen LogP contribution >= 0.6 is 0 Å². The predicted octanol–water partition coefficient (Wildman–Crippen LogP) is 5.97. The molecule has 1 amide bonds. The van der Waals surface area contributed by atoms with E-state index in [4.69, 9.17) is 9.15 Å². The molecule has 1 heterocycles. The fourth-order valence-corrected chi connectivity index (χ4v) is 2.91. The number of alkyl halides is 2. The quantitative estimate of drug-likeness (QED) is 0.467. The lowest BCUT2D eigenvalue weighted by atomic mass is 10.1. The number of ether oxygens (including phenoxy) is 2. The zero-order chi connectivity index (χ0) is 21.5. The molecule has 0 spiro atoms. The lowest BCUT2D eigenvalue weighted by Crippen LogP contribution is -2.12. The summed E-state index contributed by atoms with van der Waals surface area (Å²) in [6, 6.07) is 15.4. The molecule has 0 fully saturated rings. The minimum absolute atomic E-state index is 0.0284. The van der Waals surface area contributed by atoms with E-state index in [2.05, 4.69) is 17.0 Å². The Morgan fingerprint density at radius 3 is 2.47 bits per heavy atom. The molecule has 1 aromatic heterocycles. The Bertz CT molecular complexity index is 983. The van der Waals surface area contributed by atoms with Crippen molar-refractivity contribution in [3.05, 3.63) is 77.2 Å². The van der Waals surface area contributed by atoms with Gasteiger partial charge >= 0.3 is 6.61 Å². The van der Waals surface area contributed by atoms with Gasteiger partial charge in [0.1, 0.15) is 23.9 Å². The summed E-state index contributed by atoms with van der Waals surface area (Å²) in [5, 5.41) is 2.70. The van der Waals surface area contributed by atoms with Crippen molar-refractivity contribution in [1.82, 2.24) is 0 Å². The monoisotopic (exact) mass is 415 g/mol. The van der Waals surface area contributed by atoms with Crippen molar-refractivity contribution in [3.63, 3.8) is 0 Å². The third kappa shape index (κ3) is 5.83. The van der Waals surface area contributed by atoms with Crippen molar-refractivity contribution in [1.29, 1.82) is 0 Å². The summed E-state index contributed by atoms with van der Waals surface area (Å²) in [5.74, 6) is 0.935. The molecule has 1 N–H and O–H groups in total. The van der Waals surface area contributed by atoms with Crippen molar-refractivity contribution in [2.75, 3.05) is 5.32 Å². The highest BCUT2D eigenvalue weighted by Crippen LogP contribution is 2.24. The van der Waals surface area contributed by atoms with Crippen LogP contribution in [0.25, 0.3) is 0 Å². The molecule has 158 valence electrons. The van der Waals surface area contributed by atoms with E-state index in [1.807, 2.05) is 24.3 Å². The third-order valence-corrected chi connectivity index (χ3v) is 4.40. The first-order valence-corrected chi connectivity index (χ1v) is 9.62. The molecule has 0 bridgehead atoms. The van der Waals surface area contributed by atoms with E-state index in [0.29, 0.717) is 17.0 Å². The molecule has 0 radical (unpaired) electrons. The highest BCUT2D eigenvalue weighted by molar-refractivity contribution is 6.02. The summed E-state index contributed by atoms with van der Waals surface area (Å²) in [7, 11) is 0. The molecule has 0 aliphatic heterocycles. The molecular formula is C23H23F2NO4. The Morgan fingerprint density at radius 1 is 1.07 bits per heavy atom. The molecule has 30 heavy (non-hydrogen) atoms. The maximum Gasteiger partial charge on any atom is 0.387 e. The number of aryl methyl sites for hydroxylation is 2. The van der Waals surface area contributed by atoms with Crippen LogP contribution in [0, 0.1) is 6.92 Å². The fourth-order valence-electron chi connectivity index (χ4n) is 2.91. The molecular weight excluding hydrogens is 392 g/mol. The molecule has 3 rings (SSSR count). The van der Waals surface area contributed by atoms with Gasteiger partial charge in [0.2, 0.25) is 0 Å². The average molecular weight is 415 g/mol. The number of halogens is 2. The summed E-state index contributed by atoms with van der Waals surface area (Å²) in [4.78, 5) is 12.4. The standard InChI is InChI=1S/C23H23F2NO4/c1-3-4-16-5-7-17(8-6-16)28-14-19-10-12-21(29-19)22(27)26-20-11-9-18(13-15(20)2)30-23(24)25/h5-13,23H,3-4,14H2,1-2H3,(H,26,27). The largest absolute Gasteiger partial charge is 0.486 e. The maximum absolute atomic E-state index is 12.4. The number of hydrogen-bond acceptors (Lipinski definition) is 4. The second-order valence-corrected chi connectivity index (χ2v) is 6.76. The number of hydrogen-bond donors (Lipinski definition) is 1. The van der Waals surface area contributed by atoms with Crippen LogP contribution in [0.2, 0.25) is 0 Å². The Hall–Kier alpha value is -3.35. The lowest BCUT2D eigenvalue weighted by Gasteiger charge is -2.10. The molecule has 0 atom stereocenters. The van der Waals surface area contributed by atoms with E-state index in [-0.39, 0.29) is 18.1 Å². The SMILES string of the molecule is CCCc1ccc(OCc2ccc(C(=O)Nc3ccc(OC(F)F)cc3C)o2)cc1. The molecule has 0 aliphatic rings. The summed E-state index contributed by atoms with van der Waals surface area (Å²) in [5.41, 5.74) is 2.32. The molecule has 0 aliphatic carbocycles. The first-order chi connectivity index (χ1) is 14.4. The van der Waals surface area contributed by atoms with Gasteiger partial charge in [-0.25, -0.2) is 0 Å². The highest BCUT2D eigenvalue weighted by atomic mass is 19.3. The number of nitrogens with one attached hydrogen (secondary N) is 1. The van der Waals surface area contributed by atoms with Gasteiger partial charge in [0, 0.05) is 5.69 Å². The van der Waals surface area contributed by atoms with E-state index >= 15 is 0 Å². The van der Waals surface area contributed by atoms with Crippen LogP contribution in [0.3, 0.4) is 0 Å². The van der Waals surface area contributed by atoms with Gasteiger partial charge in [-0.2, -0.15) is 8.78 Å². The number of carbonyl (C=O) groups excluding carboxylic acids is 1. The van der Waals surface area contributed by atoms with Crippen molar-refractivity contribution in [2.24, 2.45) is 0 Å². The molecule has 0 saturated carbocycles. The Kier molecular flexibility index (Phi) is 7.06. The van der Waals surface area contributed by atoms with Gasteiger partial charge in [-0.1, -0.05) is 25.5 Å². The maximum atomic E-state index is 12.4. The Labute approximate surface area is 173 Å². The van der Waals surface area contributed by atoms with Crippen LogP contribution < -0.4 is 14.8 Å². The zero-order valence-electron chi connectivity index (χ0n) is 16.8. The molecule has 0 saturated heterocycles. The smallest absolute Gasteiger partial charge is 0.387 e. The Balaban J connectivity index is 1.57. The lowest BCUT2D eigenvalue weighted by molar-refractivity contribution is -0.0498. The highest BCUT2D eigenvalue weighted by Gasteiger charge is 2.14. The summed E-state index contributed by atoms with van der Waals surface area (Å²) < 4.78 is 40.2. The van der Waals surface area contributed by atoms with Crippen LogP contribution in [0.5, 0.6) is 11.5 Å². The molecule has 5 nitrogen and oxygen atoms in total. The summed E-state index contributed by atoms with van der Waals surface area (Å²) >= 11 is 0. The molecule has 2 aromatic carbocycles. The van der Waals surface area contributed by atoms with Crippen molar-refractivity contribution < 1.29 is 27.5 Å². The van der Waals surface area contributed by atoms with Crippen LogP contribution in [0.15, 0.2) is 59.0 Å². The van der Waals surface area contributed by atoms with Gasteiger partial charge in [-0.05, 0) is 66.9 Å². The van der Waals surface area contributed by atoms with E-state index in [1.54, 1.807) is 19.1 Å². The van der Waals surface area contributed by atoms with Gasteiger partial charge in [-0.15, -0.1) is 0 Å². The van der Waals surface area contributed by atoms with Gasteiger partial charge in [-0.3, -0.25) is 4.79 Å². The summed E-state index contributed by atoms with van der Waals surface area (Å²) in [6.45, 7) is 1.11. The fraction of sp³-hybridized carbons (Fsp3) is 0.261. The predicted molar refractivity (Wildman–Crippen MR) is 109 cm³/mol. The second kappa shape index (κ2) is 9.91. The van der Waals surface area contributed by atoms with E-state index in [9.17, 15) is 13.6 Å². The van der Waals surface area contributed by atoms with E-state index in [1.165, 1.54) is 23.8 Å². The third-order valence-electron chi connectivity index (χ3n) is 4.40. The molecule has 7 heteroatoms. The number of furan rings is 1. The van der Waals surface area contributed by atoms with Crippen molar-refractivity contribution >= 4 is 11.6 Å². The molecule has 0 unspecified atom stereocenters. The van der Waals surface area contributed by atoms with Crippen LogP contribution in [-0.2, 0) is 13.0 Å². The van der Waals surface area contributed by atoms with E-state index in [0.717, 1.165) is 18.6 Å². The minimum Gasteiger partial charge on any atom is -0.486 e. The number of anilines is 1. The van der Waals surface area contributed by atoms with Crippen LogP contribution in [-0.4, -0.2) is 12.5 Å². The Morgan fingerprint density at radius 2 is 1.80 bits per heavy atom. The number of amides is 1.